The minimum atomic E-state index is -0.475. The number of fused-ring (bicyclic) bond motifs is 1. The number of aromatic amines is 1. The number of nitrogens with zero attached hydrogens (tertiary/aromatic N) is 3. The van der Waals surface area contributed by atoms with E-state index in [2.05, 4.69) is 46.1 Å². The van der Waals surface area contributed by atoms with E-state index in [1.807, 2.05) is 20.8 Å². The minimum absolute atomic E-state index is 0.0606. The zero-order valence-corrected chi connectivity index (χ0v) is 19.2. The van der Waals surface area contributed by atoms with E-state index in [1.54, 1.807) is 19.5 Å². The van der Waals surface area contributed by atoms with Gasteiger partial charge in [-0.15, -0.1) is 0 Å². The first kappa shape index (κ1) is 21.7. The van der Waals surface area contributed by atoms with Crippen molar-refractivity contribution in [1.29, 1.82) is 0 Å². The van der Waals surface area contributed by atoms with E-state index in [0.717, 1.165) is 37.4 Å². The first-order chi connectivity index (χ1) is 14.7. The molecule has 1 fully saturated rings. The van der Waals surface area contributed by atoms with Crippen molar-refractivity contribution >= 4 is 16.9 Å². The number of benzene rings is 1. The molecule has 6 nitrogen and oxygen atoms in total. The van der Waals surface area contributed by atoms with Crippen LogP contribution in [-0.2, 0) is 11.3 Å². The summed E-state index contributed by atoms with van der Waals surface area (Å²) in [5, 5.41) is 0. The number of H-pyrrole nitrogens is 1. The fourth-order valence-corrected chi connectivity index (χ4v) is 4.48. The van der Waals surface area contributed by atoms with Gasteiger partial charge in [-0.25, -0.2) is 9.97 Å². The summed E-state index contributed by atoms with van der Waals surface area (Å²) >= 11 is 0. The van der Waals surface area contributed by atoms with Crippen molar-refractivity contribution in [1.82, 2.24) is 19.9 Å². The SMILES string of the molecule is COC[C@]1(C)CCCN1Cc1cccc(-c2cnc3[nH]cc(C(=O)C(C)(C)C)c3n2)c1. The summed E-state index contributed by atoms with van der Waals surface area (Å²) < 4.78 is 5.49. The van der Waals surface area contributed by atoms with E-state index in [0.29, 0.717) is 16.7 Å². The van der Waals surface area contributed by atoms with Gasteiger partial charge in [0.25, 0.3) is 0 Å². The summed E-state index contributed by atoms with van der Waals surface area (Å²) in [7, 11) is 1.77. The third-order valence-corrected chi connectivity index (χ3v) is 6.26. The number of ether oxygens (including phenoxy) is 1. The second-order valence-corrected chi connectivity index (χ2v) is 9.89. The number of aromatic nitrogens is 3. The Bertz CT molecular complexity index is 1100. The van der Waals surface area contributed by atoms with Crippen LogP contribution in [-0.4, -0.2) is 51.4 Å². The first-order valence-corrected chi connectivity index (χ1v) is 10.9. The molecule has 3 heterocycles. The highest BCUT2D eigenvalue weighted by molar-refractivity contribution is 6.08. The van der Waals surface area contributed by atoms with Crippen molar-refractivity contribution in [2.45, 2.75) is 52.6 Å². The molecule has 1 N–H and O–H groups in total. The molecule has 0 aliphatic carbocycles. The van der Waals surface area contributed by atoms with Crippen LogP contribution >= 0.6 is 0 Å². The summed E-state index contributed by atoms with van der Waals surface area (Å²) in [6.07, 6.45) is 5.84. The van der Waals surface area contributed by atoms with Crippen molar-refractivity contribution in [3.63, 3.8) is 0 Å². The number of hydrogen-bond donors (Lipinski definition) is 1. The molecule has 1 aliphatic heterocycles. The van der Waals surface area contributed by atoms with Gasteiger partial charge in [-0.2, -0.15) is 0 Å². The van der Waals surface area contributed by atoms with Crippen LogP contribution in [0.3, 0.4) is 0 Å². The van der Waals surface area contributed by atoms with Gasteiger partial charge < -0.3 is 9.72 Å². The van der Waals surface area contributed by atoms with Crippen molar-refractivity contribution < 1.29 is 9.53 Å². The van der Waals surface area contributed by atoms with E-state index < -0.39 is 5.41 Å². The maximum Gasteiger partial charge on any atom is 0.171 e. The predicted molar refractivity (Wildman–Crippen MR) is 123 cm³/mol. The molecule has 3 aromatic rings. The summed E-state index contributed by atoms with van der Waals surface area (Å²) in [5.41, 5.74) is 4.50. The summed E-state index contributed by atoms with van der Waals surface area (Å²) in [6, 6.07) is 8.46. The lowest BCUT2D eigenvalue weighted by Crippen LogP contribution is -2.44. The predicted octanol–water partition coefficient (Wildman–Crippen LogP) is 4.85. The lowest BCUT2D eigenvalue weighted by Gasteiger charge is -2.34. The number of hydrogen-bond acceptors (Lipinski definition) is 5. The van der Waals surface area contributed by atoms with E-state index in [-0.39, 0.29) is 11.3 Å². The molecule has 1 atom stereocenters. The quantitative estimate of drug-likeness (QED) is 0.577. The van der Waals surface area contributed by atoms with Crippen LogP contribution in [0.5, 0.6) is 0 Å². The summed E-state index contributed by atoms with van der Waals surface area (Å²) in [5.74, 6) is 0.0606. The molecule has 0 saturated carbocycles. The van der Waals surface area contributed by atoms with Gasteiger partial charge in [0, 0.05) is 36.4 Å². The van der Waals surface area contributed by atoms with Crippen LogP contribution in [0.1, 0.15) is 56.5 Å². The van der Waals surface area contributed by atoms with Crippen LogP contribution < -0.4 is 0 Å². The number of methoxy groups -OCH3 is 1. The highest BCUT2D eigenvalue weighted by atomic mass is 16.5. The van der Waals surface area contributed by atoms with Crippen molar-refractivity contribution in [3.05, 3.63) is 47.8 Å². The zero-order chi connectivity index (χ0) is 22.2. The second-order valence-electron chi connectivity index (χ2n) is 9.89. The van der Waals surface area contributed by atoms with Crippen LogP contribution in [0.25, 0.3) is 22.4 Å². The largest absolute Gasteiger partial charge is 0.383 e. The number of carbonyl (C=O) groups excluding carboxylic acids is 1. The van der Waals surface area contributed by atoms with E-state index in [4.69, 9.17) is 9.72 Å². The van der Waals surface area contributed by atoms with Gasteiger partial charge in [0.1, 0.15) is 5.52 Å². The Morgan fingerprint density at radius 3 is 2.87 bits per heavy atom. The fourth-order valence-electron chi connectivity index (χ4n) is 4.48. The molecule has 0 spiro atoms. The highest BCUT2D eigenvalue weighted by Crippen LogP contribution is 2.32. The highest BCUT2D eigenvalue weighted by Gasteiger charge is 2.36. The Kier molecular flexibility index (Phi) is 5.71. The number of ketones is 1. The smallest absolute Gasteiger partial charge is 0.171 e. The van der Waals surface area contributed by atoms with Gasteiger partial charge in [0.15, 0.2) is 11.4 Å². The molecule has 4 rings (SSSR count). The normalized spacial score (nSPS) is 19.9. The van der Waals surface area contributed by atoms with Crippen LogP contribution in [0.4, 0.5) is 0 Å². The Labute approximate surface area is 184 Å². The molecule has 6 heteroatoms. The average molecular weight is 421 g/mol. The van der Waals surface area contributed by atoms with Crippen molar-refractivity contribution in [2.75, 3.05) is 20.3 Å². The lowest BCUT2D eigenvalue weighted by atomic mass is 9.87. The number of Topliss-reactive ketones (excluding diaryl/α,β-unsaturated/α-hetero) is 1. The Morgan fingerprint density at radius 1 is 1.32 bits per heavy atom. The maximum atomic E-state index is 12.8. The summed E-state index contributed by atoms with van der Waals surface area (Å²) in [6.45, 7) is 10.7. The number of rotatable bonds is 6. The minimum Gasteiger partial charge on any atom is -0.383 e. The lowest BCUT2D eigenvalue weighted by molar-refractivity contribution is 0.0459. The van der Waals surface area contributed by atoms with Gasteiger partial charge in [-0.05, 0) is 37.9 Å². The zero-order valence-electron chi connectivity index (χ0n) is 19.2. The van der Waals surface area contributed by atoms with Gasteiger partial charge in [0.05, 0.1) is 24.1 Å². The number of carbonyl (C=O) groups is 1. The van der Waals surface area contributed by atoms with Crippen molar-refractivity contribution in [3.8, 4) is 11.3 Å². The summed E-state index contributed by atoms with van der Waals surface area (Å²) in [4.78, 5) is 27.8. The topological polar surface area (TPSA) is 71.1 Å². The average Bonchev–Trinajstić information content (AvgIpc) is 3.30. The van der Waals surface area contributed by atoms with Gasteiger partial charge in [0.2, 0.25) is 0 Å². The maximum absolute atomic E-state index is 12.8. The third-order valence-electron chi connectivity index (χ3n) is 6.26. The van der Waals surface area contributed by atoms with Crippen LogP contribution in [0.15, 0.2) is 36.7 Å². The monoisotopic (exact) mass is 420 g/mol. The molecule has 164 valence electrons. The fraction of sp³-hybridized carbons (Fsp3) is 0.480. The Balaban J connectivity index is 1.64. The second kappa shape index (κ2) is 8.17. The molecule has 0 unspecified atom stereocenters. The molecule has 1 saturated heterocycles. The van der Waals surface area contributed by atoms with Crippen LogP contribution in [0.2, 0.25) is 0 Å². The van der Waals surface area contributed by atoms with Crippen molar-refractivity contribution in [2.24, 2.45) is 5.41 Å². The molecular formula is C25H32N4O2. The molecule has 1 aromatic carbocycles. The van der Waals surface area contributed by atoms with Crippen LogP contribution in [0, 0.1) is 5.41 Å². The number of likely N-dealkylation sites (tertiary alicyclic amines) is 1. The van der Waals surface area contributed by atoms with E-state index in [1.165, 1.54) is 12.0 Å². The molecular weight excluding hydrogens is 388 g/mol. The molecule has 0 radical (unpaired) electrons. The Hall–Kier alpha value is -2.57. The molecule has 31 heavy (non-hydrogen) atoms. The Morgan fingerprint density at radius 2 is 2.13 bits per heavy atom. The molecule has 2 aromatic heterocycles. The van der Waals surface area contributed by atoms with Gasteiger partial charge in [-0.3, -0.25) is 9.69 Å². The molecule has 0 amide bonds. The van der Waals surface area contributed by atoms with E-state index in [9.17, 15) is 4.79 Å². The third kappa shape index (κ3) is 4.27. The van der Waals surface area contributed by atoms with E-state index >= 15 is 0 Å². The number of nitrogens with one attached hydrogen (secondary N) is 1. The van der Waals surface area contributed by atoms with Gasteiger partial charge >= 0.3 is 0 Å². The van der Waals surface area contributed by atoms with Gasteiger partial charge in [-0.1, -0.05) is 39.0 Å². The molecule has 1 aliphatic rings. The molecule has 0 bridgehead atoms. The standard InChI is InChI=1S/C25H32N4O2/c1-24(2,3)22(30)19-13-26-23-21(19)28-20(14-27-23)18-9-6-8-17(12-18)15-29-11-7-10-25(29,4)16-31-5/h6,8-9,12-14H,7,10-11,15-16H2,1-5H3,(H,26,27)/t25-/m0/s1. The first-order valence-electron chi connectivity index (χ1n) is 10.9.